The number of carbonyl (C=O) groups excluding carboxylic acids is 1. The fourth-order valence-electron chi connectivity index (χ4n) is 5.67. The summed E-state index contributed by atoms with van der Waals surface area (Å²) in [6, 6.07) is 31.7. The maximum absolute atomic E-state index is 14.3. The number of hydrogen-bond donors (Lipinski definition) is 0. The fourth-order valence-corrected chi connectivity index (χ4v) is 6.69. The van der Waals surface area contributed by atoms with E-state index in [4.69, 9.17) is 0 Å². The maximum Gasteiger partial charge on any atom is 0.283 e. The van der Waals surface area contributed by atoms with Gasteiger partial charge in [0.15, 0.2) is 5.54 Å². The highest BCUT2D eigenvalue weighted by molar-refractivity contribution is 7.90. The van der Waals surface area contributed by atoms with Gasteiger partial charge in [0.25, 0.3) is 15.9 Å². The Kier molecular flexibility index (Phi) is 5.50. The number of likely N-dealkylation sites (N-methyl/N-ethyl adjacent to an activating group) is 1. The normalized spacial score (nSPS) is 21.6. The van der Waals surface area contributed by atoms with Gasteiger partial charge in [-0.2, -0.15) is 8.42 Å². The van der Waals surface area contributed by atoms with Crippen LogP contribution in [-0.4, -0.2) is 27.2 Å². The molecule has 6 nitrogen and oxygen atoms in total. The number of fused-ring (bicyclic) bond motifs is 2. The van der Waals surface area contributed by atoms with Crippen LogP contribution >= 0.6 is 0 Å². The van der Waals surface area contributed by atoms with E-state index in [1.807, 2.05) is 97.6 Å². The Morgan fingerprint density at radius 3 is 2.00 bits per heavy atom. The van der Waals surface area contributed by atoms with Crippen molar-refractivity contribution >= 4 is 33.1 Å². The van der Waals surface area contributed by atoms with Crippen LogP contribution in [0.15, 0.2) is 112 Å². The van der Waals surface area contributed by atoms with Gasteiger partial charge in [-0.15, -0.1) is 4.40 Å². The van der Waals surface area contributed by atoms with Crippen molar-refractivity contribution in [1.29, 1.82) is 0 Å². The van der Waals surface area contributed by atoms with E-state index in [0.29, 0.717) is 11.5 Å². The van der Waals surface area contributed by atoms with Crippen LogP contribution in [0.2, 0.25) is 0 Å². The quantitative estimate of drug-likeness (QED) is 0.352. The lowest BCUT2D eigenvalue weighted by molar-refractivity contribution is -0.123. The Morgan fingerprint density at radius 2 is 1.34 bits per heavy atom. The van der Waals surface area contributed by atoms with E-state index < -0.39 is 21.5 Å². The maximum atomic E-state index is 14.3. The first-order valence-corrected chi connectivity index (χ1v) is 13.9. The average molecular weight is 522 g/mol. The third-order valence-electron chi connectivity index (χ3n) is 7.52. The van der Waals surface area contributed by atoms with Crippen molar-refractivity contribution in [2.45, 2.75) is 30.2 Å². The second-order valence-corrected chi connectivity index (χ2v) is 11.5. The molecule has 1 saturated heterocycles. The number of nitrogens with zero attached hydrogens (tertiary/aromatic N) is 3. The number of sulfonamides is 1. The van der Waals surface area contributed by atoms with Crippen LogP contribution in [-0.2, 0) is 20.4 Å². The van der Waals surface area contributed by atoms with Crippen LogP contribution in [0.4, 0.5) is 11.4 Å². The predicted molar refractivity (Wildman–Crippen MR) is 150 cm³/mol. The standard InChI is InChI=1S/C31H27N3O3S/c1-21-13-17-24(18-14-21)34-29(32-38(36,37)25-19-15-22(2)16-20-25)28(23-9-5-4-6-10-23)31(34)26-11-7-8-12-27(26)33(3)30(31)35/h4-20,28H,1-3H3/b32-29+/t28-,31-/m1/s1. The molecule has 0 saturated carbocycles. The van der Waals surface area contributed by atoms with Gasteiger partial charge < -0.3 is 9.80 Å². The monoisotopic (exact) mass is 521 g/mol. The van der Waals surface area contributed by atoms with Crippen molar-refractivity contribution in [3.63, 3.8) is 0 Å². The van der Waals surface area contributed by atoms with Crippen molar-refractivity contribution < 1.29 is 13.2 Å². The summed E-state index contributed by atoms with van der Waals surface area (Å²) in [6.45, 7) is 3.89. The van der Waals surface area contributed by atoms with Crippen molar-refractivity contribution in [3.8, 4) is 0 Å². The van der Waals surface area contributed by atoms with E-state index in [2.05, 4.69) is 4.40 Å². The van der Waals surface area contributed by atoms with E-state index >= 15 is 0 Å². The summed E-state index contributed by atoms with van der Waals surface area (Å²) in [5, 5.41) is 0. The Bertz CT molecular complexity index is 1680. The molecule has 0 N–H and O–H groups in total. The summed E-state index contributed by atoms with van der Waals surface area (Å²) >= 11 is 0. The molecule has 1 spiro atoms. The molecule has 38 heavy (non-hydrogen) atoms. The summed E-state index contributed by atoms with van der Waals surface area (Å²) in [5.41, 5.74) is 4.00. The molecule has 0 aliphatic carbocycles. The van der Waals surface area contributed by atoms with E-state index in [1.54, 1.807) is 36.2 Å². The van der Waals surface area contributed by atoms with Crippen molar-refractivity contribution in [3.05, 3.63) is 125 Å². The SMILES string of the molecule is Cc1ccc(N2/C(=N/S(=O)(=O)c3ccc(C)cc3)[C@@H](c3ccccc3)[C@]23C(=O)N(C)c2ccccc23)cc1. The minimum Gasteiger partial charge on any atom is -0.313 e. The van der Waals surface area contributed by atoms with Gasteiger partial charge in [0.05, 0.1) is 10.8 Å². The second-order valence-electron chi connectivity index (χ2n) is 9.90. The summed E-state index contributed by atoms with van der Waals surface area (Å²) in [7, 11) is -2.29. The number of hydrogen-bond acceptors (Lipinski definition) is 3. The smallest absolute Gasteiger partial charge is 0.283 e. The van der Waals surface area contributed by atoms with E-state index in [0.717, 1.165) is 27.9 Å². The van der Waals surface area contributed by atoms with E-state index in [1.165, 1.54) is 0 Å². The summed E-state index contributed by atoms with van der Waals surface area (Å²) in [5.74, 6) is -0.414. The molecule has 0 aromatic heterocycles. The third-order valence-corrected chi connectivity index (χ3v) is 8.82. The Balaban J connectivity index is 1.65. The molecule has 1 amide bonds. The number of carbonyl (C=O) groups is 1. The zero-order chi connectivity index (χ0) is 26.7. The van der Waals surface area contributed by atoms with Crippen LogP contribution in [0, 0.1) is 13.8 Å². The molecule has 2 aliphatic heterocycles. The molecule has 0 radical (unpaired) electrons. The van der Waals surface area contributed by atoms with Gasteiger partial charge in [0, 0.05) is 24.0 Å². The lowest BCUT2D eigenvalue weighted by Gasteiger charge is -2.57. The highest BCUT2D eigenvalue weighted by Crippen LogP contribution is 2.60. The summed E-state index contributed by atoms with van der Waals surface area (Å²) in [6.07, 6.45) is 0. The van der Waals surface area contributed by atoms with Gasteiger partial charge in [-0.3, -0.25) is 4.79 Å². The number of rotatable bonds is 4. The molecule has 6 rings (SSSR count). The predicted octanol–water partition coefficient (Wildman–Crippen LogP) is 5.57. The number of amidine groups is 1. The molecule has 7 heteroatoms. The number of para-hydroxylation sites is 1. The first kappa shape index (κ1) is 24.1. The lowest BCUT2D eigenvalue weighted by Crippen LogP contribution is -2.71. The Labute approximate surface area is 222 Å². The van der Waals surface area contributed by atoms with Crippen LogP contribution in [0.5, 0.6) is 0 Å². The first-order chi connectivity index (χ1) is 18.2. The van der Waals surface area contributed by atoms with Crippen LogP contribution in [0.25, 0.3) is 0 Å². The largest absolute Gasteiger partial charge is 0.313 e. The topological polar surface area (TPSA) is 70.0 Å². The van der Waals surface area contributed by atoms with E-state index in [9.17, 15) is 13.2 Å². The zero-order valence-corrected chi connectivity index (χ0v) is 22.2. The Morgan fingerprint density at radius 1 is 0.763 bits per heavy atom. The van der Waals surface area contributed by atoms with Gasteiger partial charge in [-0.25, -0.2) is 0 Å². The minimum atomic E-state index is -4.06. The molecular weight excluding hydrogens is 494 g/mol. The van der Waals surface area contributed by atoms with Gasteiger partial charge in [0.2, 0.25) is 0 Å². The third kappa shape index (κ3) is 3.42. The highest BCUT2D eigenvalue weighted by atomic mass is 32.2. The zero-order valence-electron chi connectivity index (χ0n) is 21.4. The van der Waals surface area contributed by atoms with Crippen LogP contribution in [0.1, 0.15) is 28.2 Å². The molecule has 1 fully saturated rings. The molecule has 4 aromatic rings. The van der Waals surface area contributed by atoms with Crippen LogP contribution < -0.4 is 9.80 Å². The molecule has 4 aromatic carbocycles. The van der Waals surface area contributed by atoms with E-state index in [-0.39, 0.29) is 10.8 Å². The first-order valence-electron chi connectivity index (χ1n) is 12.5. The molecule has 190 valence electrons. The van der Waals surface area contributed by atoms with Crippen LogP contribution in [0.3, 0.4) is 0 Å². The molecule has 0 unspecified atom stereocenters. The van der Waals surface area contributed by atoms with Gasteiger partial charge >= 0.3 is 0 Å². The number of amides is 1. The van der Waals surface area contributed by atoms with Gasteiger partial charge in [-0.05, 0) is 49.7 Å². The van der Waals surface area contributed by atoms with Crippen molar-refractivity contribution in [1.82, 2.24) is 0 Å². The number of benzene rings is 4. The lowest BCUT2D eigenvalue weighted by atomic mass is 9.65. The van der Waals surface area contributed by atoms with Crippen molar-refractivity contribution in [2.75, 3.05) is 16.8 Å². The highest BCUT2D eigenvalue weighted by Gasteiger charge is 2.69. The fraction of sp³-hybridized carbons (Fsp3) is 0.161. The minimum absolute atomic E-state index is 0.113. The molecule has 0 bridgehead atoms. The van der Waals surface area contributed by atoms with Gasteiger partial charge in [0.1, 0.15) is 5.84 Å². The molecule has 2 heterocycles. The molecule has 2 aliphatic rings. The van der Waals surface area contributed by atoms with Gasteiger partial charge in [-0.1, -0.05) is 83.9 Å². The molecule has 2 atom stereocenters. The van der Waals surface area contributed by atoms with Crippen molar-refractivity contribution in [2.24, 2.45) is 4.40 Å². The Hall–Kier alpha value is -4.23. The summed E-state index contributed by atoms with van der Waals surface area (Å²) < 4.78 is 31.7. The number of aryl methyl sites for hydroxylation is 2. The molecular formula is C31H27N3O3S. The number of anilines is 2. The second kappa shape index (κ2) is 8.67. The summed E-state index contributed by atoms with van der Waals surface area (Å²) in [4.78, 5) is 17.9. The average Bonchev–Trinajstić information content (AvgIpc) is 3.14.